The fourth-order valence-corrected chi connectivity index (χ4v) is 3.57. The lowest BCUT2D eigenvalue weighted by Crippen LogP contribution is -2.41. The number of amides is 2. The predicted molar refractivity (Wildman–Crippen MR) is 103 cm³/mol. The molecule has 2 aliphatic heterocycles. The van der Waals surface area contributed by atoms with Crippen molar-refractivity contribution in [3.8, 4) is 17.2 Å². The smallest absolute Gasteiger partial charge is 0.247 e. The summed E-state index contributed by atoms with van der Waals surface area (Å²) in [5, 5.41) is 2.90. The molecular weight excluding hydrogens is 360 g/mol. The molecule has 146 valence electrons. The zero-order valence-corrected chi connectivity index (χ0v) is 15.6. The van der Waals surface area contributed by atoms with Gasteiger partial charge in [-0.1, -0.05) is 18.2 Å². The average Bonchev–Trinajstić information content (AvgIpc) is 3.09. The summed E-state index contributed by atoms with van der Waals surface area (Å²) in [6.45, 7) is 1.33. The van der Waals surface area contributed by atoms with Gasteiger partial charge in [0.2, 0.25) is 11.8 Å². The number of carbonyl (C=O) groups excluding carboxylic acids is 2. The fourth-order valence-electron chi connectivity index (χ4n) is 3.57. The number of nitrogens with one attached hydrogen (secondary N) is 1. The van der Waals surface area contributed by atoms with Gasteiger partial charge < -0.3 is 24.4 Å². The summed E-state index contributed by atoms with van der Waals surface area (Å²) < 4.78 is 16.4. The van der Waals surface area contributed by atoms with Crippen molar-refractivity contribution in [3.63, 3.8) is 0 Å². The van der Waals surface area contributed by atoms with Gasteiger partial charge in [0, 0.05) is 23.7 Å². The van der Waals surface area contributed by atoms with E-state index in [4.69, 9.17) is 14.2 Å². The van der Waals surface area contributed by atoms with Gasteiger partial charge in [-0.3, -0.25) is 9.59 Å². The standard InChI is InChI=1S/C21H22N2O5/c1-26-17-5-3-2-4-14(17)13-23-16(7-9-20(23)24)21(25)22-15-6-8-18-19(12-15)28-11-10-27-18/h2-6,8,12,16H,7,9-11,13H2,1H3,(H,22,25). The van der Waals surface area contributed by atoms with Crippen LogP contribution in [0.25, 0.3) is 0 Å². The van der Waals surface area contributed by atoms with E-state index in [2.05, 4.69) is 5.32 Å². The SMILES string of the molecule is COc1ccccc1CN1C(=O)CCC1C(=O)Nc1ccc2c(c1)OCCO2. The summed E-state index contributed by atoms with van der Waals surface area (Å²) in [7, 11) is 1.59. The van der Waals surface area contributed by atoms with Gasteiger partial charge in [0.1, 0.15) is 25.0 Å². The van der Waals surface area contributed by atoms with Crippen molar-refractivity contribution in [3.05, 3.63) is 48.0 Å². The van der Waals surface area contributed by atoms with Crippen LogP contribution in [0.15, 0.2) is 42.5 Å². The Balaban J connectivity index is 1.49. The van der Waals surface area contributed by atoms with Gasteiger partial charge in [-0.2, -0.15) is 0 Å². The molecule has 1 fully saturated rings. The van der Waals surface area contributed by atoms with Crippen molar-refractivity contribution >= 4 is 17.5 Å². The van der Waals surface area contributed by atoms with Crippen LogP contribution in [0.4, 0.5) is 5.69 Å². The van der Waals surface area contributed by atoms with E-state index in [1.807, 2.05) is 24.3 Å². The lowest BCUT2D eigenvalue weighted by atomic mass is 10.1. The van der Waals surface area contributed by atoms with Gasteiger partial charge >= 0.3 is 0 Å². The number of nitrogens with zero attached hydrogens (tertiary/aromatic N) is 1. The molecule has 2 heterocycles. The van der Waals surface area contributed by atoms with Crippen molar-refractivity contribution in [1.29, 1.82) is 0 Å². The topological polar surface area (TPSA) is 77.1 Å². The van der Waals surface area contributed by atoms with Crippen LogP contribution in [-0.2, 0) is 16.1 Å². The highest BCUT2D eigenvalue weighted by molar-refractivity contribution is 5.99. The van der Waals surface area contributed by atoms with E-state index in [-0.39, 0.29) is 11.8 Å². The molecule has 0 saturated carbocycles. The predicted octanol–water partition coefficient (Wildman–Crippen LogP) is 2.60. The van der Waals surface area contributed by atoms with E-state index in [0.29, 0.717) is 55.5 Å². The minimum Gasteiger partial charge on any atom is -0.496 e. The second-order valence-corrected chi connectivity index (χ2v) is 6.74. The molecule has 2 aromatic rings. The molecule has 28 heavy (non-hydrogen) atoms. The van der Waals surface area contributed by atoms with Gasteiger partial charge in [-0.05, 0) is 24.6 Å². The highest BCUT2D eigenvalue weighted by Crippen LogP contribution is 2.33. The van der Waals surface area contributed by atoms with Crippen LogP contribution in [0.5, 0.6) is 17.2 Å². The molecule has 0 spiro atoms. The van der Waals surface area contributed by atoms with Crippen LogP contribution in [0.1, 0.15) is 18.4 Å². The maximum atomic E-state index is 12.9. The second-order valence-electron chi connectivity index (χ2n) is 6.74. The number of carbonyl (C=O) groups is 2. The molecule has 1 saturated heterocycles. The fraction of sp³-hybridized carbons (Fsp3) is 0.333. The van der Waals surface area contributed by atoms with Crippen molar-refractivity contribution in [2.75, 3.05) is 25.6 Å². The lowest BCUT2D eigenvalue weighted by molar-refractivity contribution is -0.133. The number of methoxy groups -OCH3 is 1. The first-order chi connectivity index (χ1) is 13.7. The first-order valence-corrected chi connectivity index (χ1v) is 9.27. The molecule has 2 aromatic carbocycles. The molecule has 0 aromatic heterocycles. The number of hydrogen-bond donors (Lipinski definition) is 1. The Morgan fingerprint density at radius 1 is 1.18 bits per heavy atom. The molecule has 7 heteroatoms. The molecule has 1 atom stereocenters. The van der Waals surface area contributed by atoms with Gasteiger partial charge in [-0.25, -0.2) is 0 Å². The minimum absolute atomic E-state index is 0.0340. The van der Waals surface area contributed by atoms with E-state index in [1.165, 1.54) is 0 Å². The molecule has 0 aliphatic carbocycles. The number of fused-ring (bicyclic) bond motifs is 1. The van der Waals surface area contributed by atoms with Crippen molar-refractivity contribution in [2.24, 2.45) is 0 Å². The Kier molecular flexibility index (Phi) is 5.06. The van der Waals surface area contributed by atoms with Crippen molar-refractivity contribution in [1.82, 2.24) is 4.90 Å². The molecule has 1 N–H and O–H groups in total. The largest absolute Gasteiger partial charge is 0.496 e. The van der Waals surface area contributed by atoms with Crippen LogP contribution in [0.2, 0.25) is 0 Å². The average molecular weight is 382 g/mol. The normalized spacial score (nSPS) is 18.1. The minimum atomic E-state index is -0.523. The first kappa shape index (κ1) is 18.2. The molecule has 0 radical (unpaired) electrons. The van der Waals surface area contributed by atoms with E-state index >= 15 is 0 Å². The summed E-state index contributed by atoms with van der Waals surface area (Å²) in [5.74, 6) is 1.73. The van der Waals surface area contributed by atoms with Crippen LogP contribution >= 0.6 is 0 Å². The number of benzene rings is 2. The van der Waals surface area contributed by atoms with E-state index in [1.54, 1.807) is 30.2 Å². The zero-order chi connectivity index (χ0) is 19.5. The zero-order valence-electron chi connectivity index (χ0n) is 15.6. The maximum Gasteiger partial charge on any atom is 0.247 e. The van der Waals surface area contributed by atoms with Gasteiger partial charge in [0.05, 0.1) is 13.7 Å². The number of ether oxygens (including phenoxy) is 3. The molecule has 1 unspecified atom stereocenters. The third-order valence-corrected chi connectivity index (χ3v) is 4.97. The summed E-state index contributed by atoms with van der Waals surface area (Å²) in [4.78, 5) is 26.9. The Hall–Kier alpha value is -3.22. The lowest BCUT2D eigenvalue weighted by Gasteiger charge is -2.25. The Morgan fingerprint density at radius 3 is 2.79 bits per heavy atom. The van der Waals surface area contributed by atoms with E-state index < -0.39 is 6.04 Å². The highest BCUT2D eigenvalue weighted by atomic mass is 16.6. The van der Waals surface area contributed by atoms with Crippen LogP contribution in [-0.4, -0.2) is 43.1 Å². The van der Waals surface area contributed by atoms with Crippen molar-refractivity contribution < 1.29 is 23.8 Å². The summed E-state index contributed by atoms with van der Waals surface area (Å²) in [6, 6.07) is 12.3. The van der Waals surface area contributed by atoms with E-state index in [9.17, 15) is 9.59 Å². The molecular formula is C21H22N2O5. The van der Waals surface area contributed by atoms with Crippen LogP contribution in [0.3, 0.4) is 0 Å². The third kappa shape index (κ3) is 3.60. The first-order valence-electron chi connectivity index (χ1n) is 9.27. The number of rotatable bonds is 5. The quantitative estimate of drug-likeness (QED) is 0.860. The molecule has 7 nitrogen and oxygen atoms in total. The number of hydrogen-bond acceptors (Lipinski definition) is 5. The monoisotopic (exact) mass is 382 g/mol. The maximum absolute atomic E-state index is 12.9. The second kappa shape index (κ2) is 7.80. The van der Waals surface area contributed by atoms with Crippen LogP contribution < -0.4 is 19.5 Å². The molecule has 2 amide bonds. The van der Waals surface area contributed by atoms with Gasteiger partial charge in [-0.15, -0.1) is 0 Å². The Labute approximate surface area is 163 Å². The molecule has 0 bridgehead atoms. The summed E-state index contributed by atoms with van der Waals surface area (Å²) >= 11 is 0. The van der Waals surface area contributed by atoms with Gasteiger partial charge in [0.25, 0.3) is 0 Å². The molecule has 4 rings (SSSR count). The molecule has 2 aliphatic rings. The van der Waals surface area contributed by atoms with Crippen molar-refractivity contribution in [2.45, 2.75) is 25.4 Å². The summed E-state index contributed by atoms with van der Waals surface area (Å²) in [6.07, 6.45) is 0.846. The van der Waals surface area contributed by atoms with E-state index in [0.717, 1.165) is 5.56 Å². The Bertz CT molecular complexity index is 898. The highest BCUT2D eigenvalue weighted by Gasteiger charge is 2.36. The van der Waals surface area contributed by atoms with Crippen LogP contribution in [0, 0.1) is 0 Å². The Morgan fingerprint density at radius 2 is 1.96 bits per heavy atom. The third-order valence-electron chi connectivity index (χ3n) is 4.97. The summed E-state index contributed by atoms with van der Waals surface area (Å²) in [5.41, 5.74) is 1.49. The van der Waals surface area contributed by atoms with Gasteiger partial charge in [0.15, 0.2) is 11.5 Å². The number of likely N-dealkylation sites (tertiary alicyclic amines) is 1. The number of anilines is 1. The number of para-hydroxylation sites is 1.